The van der Waals surface area contributed by atoms with Gasteiger partial charge in [0.15, 0.2) is 5.96 Å². The smallest absolute Gasteiger partial charge is 0.191 e. The van der Waals surface area contributed by atoms with Crippen molar-refractivity contribution in [1.82, 2.24) is 20.4 Å². The normalized spacial score (nSPS) is 17.5. The Morgan fingerprint density at radius 1 is 1.31 bits per heavy atom. The van der Waals surface area contributed by atoms with Crippen molar-refractivity contribution in [3.8, 4) is 0 Å². The molecule has 1 aromatic heterocycles. The van der Waals surface area contributed by atoms with Gasteiger partial charge in [-0.3, -0.25) is 9.89 Å². The van der Waals surface area contributed by atoms with Gasteiger partial charge < -0.3 is 20.3 Å². The van der Waals surface area contributed by atoms with Gasteiger partial charge in [-0.1, -0.05) is 19.9 Å². The molecule has 26 heavy (non-hydrogen) atoms. The Morgan fingerprint density at radius 3 is 2.69 bits per heavy atom. The largest absolute Gasteiger partial charge is 0.379 e. The molecule has 148 valence electrons. The minimum Gasteiger partial charge on any atom is -0.379 e. The summed E-state index contributed by atoms with van der Waals surface area (Å²) in [6.45, 7) is 13.2. The Balaban J connectivity index is 1.80. The molecule has 1 atom stereocenters. The monoisotopic (exact) mass is 381 g/mol. The minimum atomic E-state index is 0.369. The summed E-state index contributed by atoms with van der Waals surface area (Å²) in [5, 5.41) is 9.13. The van der Waals surface area contributed by atoms with Gasteiger partial charge in [-0.05, 0) is 37.5 Å². The molecule has 0 saturated carbocycles. The molecule has 1 aliphatic rings. The van der Waals surface area contributed by atoms with E-state index in [9.17, 15) is 0 Å². The highest BCUT2D eigenvalue weighted by Gasteiger charge is 2.23. The van der Waals surface area contributed by atoms with Crippen LogP contribution >= 0.6 is 11.3 Å². The van der Waals surface area contributed by atoms with E-state index in [2.05, 4.69) is 56.8 Å². The van der Waals surface area contributed by atoms with Crippen LogP contribution in [0.25, 0.3) is 0 Å². The third-order valence-corrected chi connectivity index (χ3v) is 5.86. The molecule has 0 aliphatic carbocycles. The molecule has 2 N–H and O–H groups in total. The molecule has 0 aromatic carbocycles. The summed E-state index contributed by atoms with van der Waals surface area (Å²) in [5.74, 6) is 0.888. The Hall–Kier alpha value is -1.15. The molecule has 7 heteroatoms. The first kappa shape index (κ1) is 21.2. The molecule has 1 saturated heterocycles. The average molecular weight is 382 g/mol. The highest BCUT2D eigenvalue weighted by atomic mass is 32.1. The summed E-state index contributed by atoms with van der Waals surface area (Å²) in [4.78, 5) is 10.7. The number of nitrogens with zero attached hydrogens (tertiary/aromatic N) is 3. The van der Waals surface area contributed by atoms with Crippen molar-refractivity contribution in [3.05, 3.63) is 22.4 Å². The second kappa shape index (κ2) is 12.3. The summed E-state index contributed by atoms with van der Waals surface area (Å²) in [6, 6.07) is 4.73. The van der Waals surface area contributed by atoms with Crippen molar-refractivity contribution in [3.63, 3.8) is 0 Å². The fourth-order valence-corrected chi connectivity index (χ4v) is 4.10. The maximum atomic E-state index is 5.52. The fraction of sp³-hybridized carbons (Fsp3) is 0.737. The minimum absolute atomic E-state index is 0.369. The van der Waals surface area contributed by atoms with Gasteiger partial charge in [0.25, 0.3) is 0 Å². The lowest BCUT2D eigenvalue weighted by molar-refractivity contribution is 0.0177. The zero-order chi connectivity index (χ0) is 18.6. The summed E-state index contributed by atoms with van der Waals surface area (Å²) >= 11 is 1.83. The molecule has 2 rings (SSSR count). The molecule has 1 aliphatic heterocycles. The van der Waals surface area contributed by atoms with Gasteiger partial charge in [0, 0.05) is 38.1 Å². The second-order valence-electron chi connectivity index (χ2n) is 6.44. The first-order valence-electron chi connectivity index (χ1n) is 9.80. The highest BCUT2D eigenvalue weighted by Crippen LogP contribution is 2.25. The lowest BCUT2D eigenvalue weighted by Crippen LogP contribution is -2.46. The fourth-order valence-electron chi connectivity index (χ4n) is 3.24. The second-order valence-corrected chi connectivity index (χ2v) is 7.42. The number of nitrogens with one attached hydrogen (secondary N) is 2. The number of hydrogen-bond donors (Lipinski definition) is 2. The molecule has 2 heterocycles. The number of thiophene rings is 1. The van der Waals surface area contributed by atoms with Gasteiger partial charge >= 0.3 is 0 Å². The van der Waals surface area contributed by atoms with Crippen LogP contribution in [0.1, 0.15) is 31.2 Å². The molecule has 1 unspecified atom stereocenters. The van der Waals surface area contributed by atoms with Crippen molar-refractivity contribution < 1.29 is 4.74 Å². The van der Waals surface area contributed by atoms with Gasteiger partial charge in [0.05, 0.1) is 19.3 Å². The molecular weight excluding hydrogens is 346 g/mol. The maximum absolute atomic E-state index is 5.52. The van der Waals surface area contributed by atoms with E-state index in [4.69, 9.17) is 4.74 Å². The first-order valence-corrected chi connectivity index (χ1v) is 10.7. The molecule has 1 fully saturated rings. The van der Waals surface area contributed by atoms with Crippen molar-refractivity contribution >= 4 is 17.3 Å². The molecule has 0 spiro atoms. The molecule has 0 amide bonds. The average Bonchev–Trinajstić information content (AvgIpc) is 3.22. The first-order chi connectivity index (χ1) is 12.8. The summed E-state index contributed by atoms with van der Waals surface area (Å²) in [7, 11) is 1.84. The van der Waals surface area contributed by atoms with Gasteiger partial charge in [0.2, 0.25) is 0 Å². The SMILES string of the molecule is CCN(CC)CCCNC(=NC)NCC(c1cccs1)N1CCOCC1. The van der Waals surface area contributed by atoms with Gasteiger partial charge in [-0.2, -0.15) is 0 Å². The zero-order valence-electron chi connectivity index (χ0n) is 16.5. The van der Waals surface area contributed by atoms with E-state index in [1.165, 1.54) is 4.88 Å². The lowest BCUT2D eigenvalue weighted by atomic mass is 10.2. The number of rotatable bonds is 10. The molecule has 6 nitrogen and oxygen atoms in total. The van der Waals surface area contributed by atoms with Crippen molar-refractivity contribution in [2.24, 2.45) is 4.99 Å². The zero-order valence-corrected chi connectivity index (χ0v) is 17.4. The van der Waals surface area contributed by atoms with Crippen molar-refractivity contribution in [2.75, 3.05) is 66.1 Å². The van der Waals surface area contributed by atoms with E-state index < -0.39 is 0 Å². The van der Waals surface area contributed by atoms with E-state index in [0.717, 1.165) is 71.4 Å². The predicted molar refractivity (Wildman–Crippen MR) is 111 cm³/mol. The standard InChI is InChI=1S/C19H35N5OS/c1-4-23(5-2)10-7-9-21-19(20-3)22-16-17(18-8-6-15-26-18)24-11-13-25-14-12-24/h6,8,15,17H,4-5,7,9-14,16H2,1-3H3,(H2,20,21,22). The quantitative estimate of drug-likeness (QED) is 0.369. The van der Waals surface area contributed by atoms with Gasteiger partial charge in [-0.15, -0.1) is 11.3 Å². The Kier molecular flexibility index (Phi) is 9.99. The van der Waals surface area contributed by atoms with Crippen molar-refractivity contribution in [2.45, 2.75) is 26.3 Å². The number of guanidine groups is 1. The van der Waals surface area contributed by atoms with E-state index in [1.807, 2.05) is 18.4 Å². The van der Waals surface area contributed by atoms with E-state index in [-0.39, 0.29) is 0 Å². The number of aliphatic imine (C=N–C) groups is 1. The lowest BCUT2D eigenvalue weighted by Gasteiger charge is -2.34. The topological polar surface area (TPSA) is 52.1 Å². The highest BCUT2D eigenvalue weighted by molar-refractivity contribution is 7.10. The van der Waals surface area contributed by atoms with Crippen LogP contribution in [-0.2, 0) is 4.74 Å². The van der Waals surface area contributed by atoms with Crippen LogP contribution in [0.5, 0.6) is 0 Å². The maximum Gasteiger partial charge on any atom is 0.191 e. The van der Waals surface area contributed by atoms with Gasteiger partial charge in [0.1, 0.15) is 0 Å². The molecule has 1 aromatic rings. The van der Waals surface area contributed by atoms with Crippen LogP contribution in [0.15, 0.2) is 22.5 Å². The summed E-state index contributed by atoms with van der Waals surface area (Å²) in [5.41, 5.74) is 0. The van der Waals surface area contributed by atoms with Crippen LogP contribution in [0, 0.1) is 0 Å². The molecule has 0 radical (unpaired) electrons. The predicted octanol–water partition coefficient (Wildman–Crippen LogP) is 2.02. The van der Waals surface area contributed by atoms with E-state index >= 15 is 0 Å². The van der Waals surface area contributed by atoms with Gasteiger partial charge in [-0.25, -0.2) is 0 Å². The number of hydrogen-bond acceptors (Lipinski definition) is 5. The summed E-state index contributed by atoms with van der Waals surface area (Å²) in [6.07, 6.45) is 1.13. The number of morpholine rings is 1. The van der Waals surface area contributed by atoms with Crippen LogP contribution in [0.2, 0.25) is 0 Å². The van der Waals surface area contributed by atoms with Crippen LogP contribution in [0.3, 0.4) is 0 Å². The Morgan fingerprint density at radius 2 is 2.08 bits per heavy atom. The van der Waals surface area contributed by atoms with E-state index in [1.54, 1.807) is 0 Å². The summed E-state index contributed by atoms with van der Waals surface area (Å²) < 4.78 is 5.52. The van der Waals surface area contributed by atoms with Crippen LogP contribution in [0.4, 0.5) is 0 Å². The Labute approximate surface area is 162 Å². The Bertz CT molecular complexity index is 498. The van der Waals surface area contributed by atoms with Crippen LogP contribution < -0.4 is 10.6 Å². The molecule has 0 bridgehead atoms. The van der Waals surface area contributed by atoms with Crippen LogP contribution in [-0.4, -0.2) is 81.8 Å². The third kappa shape index (κ3) is 6.87. The third-order valence-electron chi connectivity index (χ3n) is 4.88. The molecular formula is C19H35N5OS. The van der Waals surface area contributed by atoms with E-state index in [0.29, 0.717) is 6.04 Å². The van der Waals surface area contributed by atoms with Crippen molar-refractivity contribution in [1.29, 1.82) is 0 Å². The number of ether oxygens (including phenoxy) is 1.